The van der Waals surface area contributed by atoms with Crippen molar-refractivity contribution in [3.05, 3.63) is 27.7 Å². The minimum absolute atomic E-state index is 0.0770. The summed E-state index contributed by atoms with van der Waals surface area (Å²) in [6, 6.07) is 4.75. The number of hydrogen-bond donors (Lipinski definition) is 1. The Kier molecular flexibility index (Phi) is 3.10. The van der Waals surface area contributed by atoms with Crippen LogP contribution >= 0.6 is 15.9 Å². The smallest absolute Gasteiger partial charge is 0.338 e. The molecule has 0 aliphatic rings. The molecule has 0 bridgehead atoms. The summed E-state index contributed by atoms with van der Waals surface area (Å²) in [7, 11) is 1.43. The largest absolute Gasteiger partial charge is 0.496 e. The van der Waals surface area contributed by atoms with Crippen LogP contribution in [0, 0.1) is 11.3 Å². The highest BCUT2D eigenvalue weighted by Gasteiger charge is 2.17. The highest BCUT2D eigenvalue weighted by atomic mass is 79.9. The van der Waals surface area contributed by atoms with Crippen molar-refractivity contribution in [3.63, 3.8) is 0 Å². The first-order chi connectivity index (χ1) is 6.61. The second-order valence-corrected chi connectivity index (χ2v) is 3.21. The van der Waals surface area contributed by atoms with E-state index in [9.17, 15) is 4.79 Å². The van der Waals surface area contributed by atoms with E-state index in [-0.39, 0.29) is 15.6 Å². The molecule has 0 amide bonds. The molecule has 0 fully saturated rings. The van der Waals surface area contributed by atoms with Gasteiger partial charge in [0.1, 0.15) is 11.8 Å². The second-order valence-electron chi connectivity index (χ2n) is 2.42. The standard InChI is InChI=1S/C9H6BrNO3/c1-14-6-3-2-5(4-11)7(8(6)10)9(12)13/h2-3H,1H3,(H,12,13). The average molecular weight is 256 g/mol. The molecule has 0 unspecified atom stereocenters. The summed E-state index contributed by atoms with van der Waals surface area (Å²) in [5.41, 5.74) is 0.0250. The number of carboxylic acid groups (broad SMARTS) is 1. The molecule has 5 heteroatoms. The number of nitriles is 1. The highest BCUT2D eigenvalue weighted by Crippen LogP contribution is 2.30. The SMILES string of the molecule is COc1ccc(C#N)c(C(=O)O)c1Br. The lowest BCUT2D eigenvalue weighted by Gasteiger charge is -2.06. The fourth-order valence-electron chi connectivity index (χ4n) is 1.02. The molecule has 0 aliphatic carbocycles. The summed E-state index contributed by atoms with van der Waals surface area (Å²) in [5.74, 6) is -0.770. The monoisotopic (exact) mass is 255 g/mol. The number of ether oxygens (including phenoxy) is 1. The summed E-state index contributed by atoms with van der Waals surface area (Å²) in [4.78, 5) is 10.8. The molecule has 0 radical (unpaired) electrons. The molecule has 0 atom stereocenters. The molecule has 1 aromatic carbocycles. The predicted molar refractivity (Wildman–Crippen MR) is 52.4 cm³/mol. The van der Waals surface area contributed by atoms with Crippen LogP contribution in [0.25, 0.3) is 0 Å². The molecule has 0 aliphatic heterocycles. The van der Waals surface area contributed by atoms with Crippen molar-refractivity contribution >= 4 is 21.9 Å². The molecule has 0 saturated carbocycles. The third-order valence-electron chi connectivity index (χ3n) is 1.66. The van der Waals surface area contributed by atoms with Gasteiger partial charge in [0.05, 0.1) is 22.7 Å². The number of aromatic carboxylic acids is 1. The van der Waals surface area contributed by atoms with E-state index in [1.165, 1.54) is 19.2 Å². The quantitative estimate of drug-likeness (QED) is 0.878. The van der Waals surface area contributed by atoms with Gasteiger partial charge < -0.3 is 9.84 Å². The first kappa shape index (κ1) is 10.5. The number of nitrogens with zero attached hydrogens (tertiary/aromatic N) is 1. The maximum atomic E-state index is 10.8. The van der Waals surface area contributed by atoms with E-state index in [0.29, 0.717) is 5.75 Å². The fraction of sp³-hybridized carbons (Fsp3) is 0.111. The summed E-state index contributed by atoms with van der Waals surface area (Å²) in [6.07, 6.45) is 0. The third-order valence-corrected chi connectivity index (χ3v) is 2.45. The van der Waals surface area contributed by atoms with Gasteiger partial charge in [0.25, 0.3) is 0 Å². The maximum absolute atomic E-state index is 10.8. The molecular formula is C9H6BrNO3. The Hall–Kier alpha value is -1.54. The van der Waals surface area contributed by atoms with Crippen molar-refractivity contribution in [3.8, 4) is 11.8 Å². The van der Waals surface area contributed by atoms with Gasteiger partial charge in [-0.3, -0.25) is 0 Å². The van der Waals surface area contributed by atoms with Gasteiger partial charge in [-0.05, 0) is 28.1 Å². The Morgan fingerprint density at radius 2 is 2.29 bits per heavy atom. The molecule has 0 heterocycles. The van der Waals surface area contributed by atoms with Crippen LogP contribution in [-0.4, -0.2) is 18.2 Å². The lowest BCUT2D eigenvalue weighted by Crippen LogP contribution is -2.02. The van der Waals surface area contributed by atoms with E-state index in [1.807, 2.05) is 0 Å². The Balaban J connectivity index is 3.49. The highest BCUT2D eigenvalue weighted by molar-refractivity contribution is 9.10. The van der Waals surface area contributed by atoms with Gasteiger partial charge >= 0.3 is 5.97 Å². The number of hydrogen-bond acceptors (Lipinski definition) is 3. The van der Waals surface area contributed by atoms with Crippen LogP contribution in [-0.2, 0) is 0 Å². The number of rotatable bonds is 2. The Morgan fingerprint density at radius 3 is 2.71 bits per heavy atom. The molecule has 0 aromatic heterocycles. The normalized spacial score (nSPS) is 9.21. The lowest BCUT2D eigenvalue weighted by atomic mass is 10.1. The third kappa shape index (κ3) is 1.70. The second kappa shape index (κ2) is 4.11. The molecule has 1 aromatic rings. The lowest BCUT2D eigenvalue weighted by molar-refractivity contribution is 0.0695. The topological polar surface area (TPSA) is 70.3 Å². The molecule has 0 spiro atoms. The summed E-state index contributed by atoms with van der Waals surface area (Å²) in [6.45, 7) is 0. The van der Waals surface area contributed by atoms with Crippen LogP contribution in [0.15, 0.2) is 16.6 Å². The van der Waals surface area contributed by atoms with Gasteiger partial charge in [0.2, 0.25) is 0 Å². The molecule has 1 N–H and O–H groups in total. The molecule has 4 nitrogen and oxygen atoms in total. The summed E-state index contributed by atoms with van der Waals surface area (Å²) < 4.78 is 5.20. The van der Waals surface area contributed by atoms with Crippen molar-refractivity contribution in [1.29, 1.82) is 5.26 Å². The van der Waals surface area contributed by atoms with Gasteiger partial charge in [-0.25, -0.2) is 4.79 Å². The molecule has 72 valence electrons. The van der Waals surface area contributed by atoms with Crippen molar-refractivity contribution in [1.82, 2.24) is 0 Å². The van der Waals surface area contributed by atoms with Crippen LogP contribution in [0.5, 0.6) is 5.75 Å². The van der Waals surface area contributed by atoms with E-state index < -0.39 is 5.97 Å². The fourth-order valence-corrected chi connectivity index (χ4v) is 1.69. The number of benzene rings is 1. The minimum Gasteiger partial charge on any atom is -0.496 e. The Morgan fingerprint density at radius 1 is 1.64 bits per heavy atom. The van der Waals surface area contributed by atoms with Gasteiger partial charge in [-0.15, -0.1) is 0 Å². The number of halogens is 1. The Bertz CT molecular complexity index is 423. The van der Waals surface area contributed by atoms with Gasteiger partial charge in [0, 0.05) is 0 Å². The zero-order valence-corrected chi connectivity index (χ0v) is 8.83. The first-order valence-corrected chi connectivity index (χ1v) is 4.41. The van der Waals surface area contributed by atoms with E-state index in [2.05, 4.69) is 15.9 Å². The van der Waals surface area contributed by atoms with E-state index in [4.69, 9.17) is 15.1 Å². The maximum Gasteiger partial charge on any atom is 0.338 e. The predicted octanol–water partition coefficient (Wildman–Crippen LogP) is 2.03. The number of methoxy groups -OCH3 is 1. The molecule has 1 rings (SSSR count). The van der Waals surface area contributed by atoms with Crippen molar-refractivity contribution in [2.24, 2.45) is 0 Å². The van der Waals surface area contributed by atoms with Gasteiger partial charge in [-0.1, -0.05) is 0 Å². The summed E-state index contributed by atoms with van der Waals surface area (Å²) in [5, 5.41) is 17.5. The van der Waals surface area contributed by atoms with Crippen LogP contribution < -0.4 is 4.74 Å². The van der Waals surface area contributed by atoms with Crippen LogP contribution in [0.1, 0.15) is 15.9 Å². The minimum atomic E-state index is -1.16. The Labute approximate surface area is 88.9 Å². The number of carbonyl (C=O) groups is 1. The van der Waals surface area contributed by atoms with Gasteiger partial charge in [0.15, 0.2) is 0 Å². The first-order valence-electron chi connectivity index (χ1n) is 3.61. The van der Waals surface area contributed by atoms with Crippen molar-refractivity contribution < 1.29 is 14.6 Å². The van der Waals surface area contributed by atoms with Crippen LogP contribution in [0.2, 0.25) is 0 Å². The zero-order valence-electron chi connectivity index (χ0n) is 7.24. The van der Waals surface area contributed by atoms with Gasteiger partial charge in [-0.2, -0.15) is 5.26 Å². The molecule has 14 heavy (non-hydrogen) atoms. The van der Waals surface area contributed by atoms with E-state index in [0.717, 1.165) is 0 Å². The molecular weight excluding hydrogens is 250 g/mol. The average Bonchev–Trinajstić information content (AvgIpc) is 2.16. The summed E-state index contributed by atoms with van der Waals surface area (Å²) >= 11 is 3.08. The number of carboxylic acids is 1. The zero-order chi connectivity index (χ0) is 10.7. The van der Waals surface area contributed by atoms with E-state index >= 15 is 0 Å². The van der Waals surface area contributed by atoms with Crippen molar-refractivity contribution in [2.45, 2.75) is 0 Å². The molecule has 0 saturated heterocycles. The van der Waals surface area contributed by atoms with E-state index in [1.54, 1.807) is 6.07 Å². The van der Waals surface area contributed by atoms with Crippen LogP contribution in [0.3, 0.4) is 0 Å². The van der Waals surface area contributed by atoms with Crippen LogP contribution in [0.4, 0.5) is 0 Å². The van der Waals surface area contributed by atoms with Crippen molar-refractivity contribution in [2.75, 3.05) is 7.11 Å².